The molecule has 0 aliphatic carbocycles. The fraction of sp³-hybridized carbons (Fsp3) is 0.308. The summed E-state index contributed by atoms with van der Waals surface area (Å²) < 4.78 is 10.8. The molecule has 1 N–H and O–H groups in total. The molecule has 1 atom stereocenters. The number of benzene rings is 1. The van der Waals surface area contributed by atoms with Crippen LogP contribution in [-0.4, -0.2) is 31.4 Å². The smallest absolute Gasteiger partial charge is 0.262 e. The van der Waals surface area contributed by atoms with Gasteiger partial charge in [-0.3, -0.25) is 4.79 Å². The number of amides is 1. The van der Waals surface area contributed by atoms with E-state index in [0.717, 1.165) is 16.4 Å². The van der Waals surface area contributed by atoms with Crippen LogP contribution in [0.4, 0.5) is 0 Å². The van der Waals surface area contributed by atoms with E-state index >= 15 is 0 Å². The molecule has 2 rings (SSSR count). The van der Waals surface area contributed by atoms with Crippen molar-refractivity contribution in [1.82, 2.24) is 5.32 Å². The number of thioether (sulfide) groups is 1. The quantitative estimate of drug-likeness (QED) is 0.844. The van der Waals surface area contributed by atoms with Gasteiger partial charge in [0.1, 0.15) is 11.5 Å². The Morgan fingerprint density at radius 3 is 3.28 bits per heavy atom. The van der Waals surface area contributed by atoms with Crippen LogP contribution >= 0.6 is 11.8 Å². The lowest BCUT2D eigenvalue weighted by molar-refractivity contribution is -0.127. The molecular weight excluding hydrogens is 250 g/mol. The Bertz CT molecular complexity index is 462. The summed E-state index contributed by atoms with van der Waals surface area (Å²) in [4.78, 5) is 12.8. The van der Waals surface area contributed by atoms with E-state index in [-0.39, 0.29) is 5.91 Å². The van der Waals surface area contributed by atoms with Crippen LogP contribution in [-0.2, 0) is 4.79 Å². The van der Waals surface area contributed by atoms with E-state index in [1.54, 1.807) is 24.9 Å². The number of rotatable bonds is 4. The van der Waals surface area contributed by atoms with Crippen LogP contribution in [0.1, 0.15) is 0 Å². The van der Waals surface area contributed by atoms with Gasteiger partial charge < -0.3 is 14.8 Å². The fourth-order valence-electron chi connectivity index (χ4n) is 1.59. The highest BCUT2D eigenvalue weighted by Gasteiger charge is 2.26. The Balaban J connectivity index is 2.05. The first-order valence-corrected chi connectivity index (χ1v) is 6.59. The summed E-state index contributed by atoms with van der Waals surface area (Å²) in [7, 11) is 1.63. The average Bonchev–Trinajstić information content (AvgIpc) is 2.43. The van der Waals surface area contributed by atoms with Crippen molar-refractivity contribution in [2.45, 2.75) is 11.0 Å². The van der Waals surface area contributed by atoms with Crippen LogP contribution in [0.5, 0.6) is 11.5 Å². The largest absolute Gasteiger partial charge is 0.497 e. The highest BCUT2D eigenvalue weighted by atomic mass is 32.2. The van der Waals surface area contributed by atoms with E-state index in [0.29, 0.717) is 12.3 Å². The Morgan fingerprint density at radius 1 is 1.72 bits per heavy atom. The second-order valence-corrected chi connectivity index (χ2v) is 4.83. The summed E-state index contributed by atoms with van der Waals surface area (Å²) in [6.45, 7) is 4.02. The Hall–Kier alpha value is -1.62. The number of nitrogens with one attached hydrogen (secondary N) is 1. The number of hydrogen-bond donors (Lipinski definition) is 1. The molecule has 1 unspecified atom stereocenters. The Morgan fingerprint density at radius 2 is 2.56 bits per heavy atom. The highest BCUT2D eigenvalue weighted by Crippen LogP contribution is 2.37. The van der Waals surface area contributed by atoms with E-state index in [4.69, 9.17) is 9.47 Å². The first kappa shape index (κ1) is 12.8. The molecule has 5 heteroatoms. The van der Waals surface area contributed by atoms with E-state index in [1.165, 1.54) is 0 Å². The number of carbonyl (C=O) groups is 1. The van der Waals surface area contributed by atoms with Crippen LogP contribution in [0.25, 0.3) is 0 Å². The number of hydrogen-bond acceptors (Lipinski definition) is 4. The minimum Gasteiger partial charge on any atom is -0.497 e. The molecule has 18 heavy (non-hydrogen) atoms. The molecule has 96 valence electrons. The zero-order valence-corrected chi connectivity index (χ0v) is 11.0. The summed E-state index contributed by atoms with van der Waals surface area (Å²) in [5.41, 5.74) is 0. The summed E-state index contributed by atoms with van der Waals surface area (Å²) in [6, 6.07) is 5.56. The van der Waals surface area contributed by atoms with E-state index in [1.807, 2.05) is 18.2 Å². The summed E-state index contributed by atoms with van der Waals surface area (Å²) in [6.07, 6.45) is 1.20. The van der Waals surface area contributed by atoms with Crippen molar-refractivity contribution < 1.29 is 14.3 Å². The molecule has 1 amide bonds. The maximum Gasteiger partial charge on any atom is 0.262 e. The molecule has 0 saturated carbocycles. The van der Waals surface area contributed by atoms with Crippen LogP contribution in [0, 0.1) is 0 Å². The summed E-state index contributed by atoms with van der Waals surface area (Å²) >= 11 is 1.60. The van der Waals surface area contributed by atoms with Gasteiger partial charge in [0, 0.05) is 12.3 Å². The third kappa shape index (κ3) is 2.79. The van der Waals surface area contributed by atoms with Crippen LogP contribution in [0.2, 0.25) is 0 Å². The van der Waals surface area contributed by atoms with Crippen molar-refractivity contribution in [2.24, 2.45) is 0 Å². The zero-order chi connectivity index (χ0) is 13.0. The predicted molar refractivity (Wildman–Crippen MR) is 71.3 cm³/mol. The van der Waals surface area contributed by atoms with Gasteiger partial charge in [-0.05, 0) is 18.2 Å². The Labute approximate surface area is 110 Å². The Kier molecular flexibility index (Phi) is 4.15. The minimum absolute atomic E-state index is 0.108. The van der Waals surface area contributed by atoms with Gasteiger partial charge in [-0.15, -0.1) is 18.3 Å². The van der Waals surface area contributed by atoms with Crippen molar-refractivity contribution in [2.75, 3.05) is 19.4 Å². The minimum atomic E-state index is -0.448. The van der Waals surface area contributed by atoms with E-state index in [9.17, 15) is 4.79 Å². The van der Waals surface area contributed by atoms with Crippen LogP contribution in [0.15, 0.2) is 35.7 Å². The van der Waals surface area contributed by atoms with Crippen molar-refractivity contribution in [3.8, 4) is 11.5 Å². The third-order valence-corrected chi connectivity index (χ3v) is 3.62. The van der Waals surface area contributed by atoms with Gasteiger partial charge in [0.05, 0.1) is 12.0 Å². The maximum atomic E-state index is 11.8. The highest BCUT2D eigenvalue weighted by molar-refractivity contribution is 7.99. The van der Waals surface area contributed by atoms with Crippen molar-refractivity contribution in [1.29, 1.82) is 0 Å². The standard InChI is InChI=1S/C13H15NO3S/c1-3-6-14-13(15)11-8-18-12-7-9(16-2)4-5-10(12)17-11/h3-5,7,11H,1,6,8H2,2H3,(H,14,15). The topological polar surface area (TPSA) is 47.6 Å². The molecule has 0 radical (unpaired) electrons. The van der Waals surface area contributed by atoms with E-state index < -0.39 is 6.10 Å². The van der Waals surface area contributed by atoms with Crippen LogP contribution in [0.3, 0.4) is 0 Å². The normalized spacial score (nSPS) is 17.3. The van der Waals surface area contributed by atoms with E-state index in [2.05, 4.69) is 11.9 Å². The third-order valence-electron chi connectivity index (χ3n) is 2.52. The summed E-state index contributed by atoms with van der Waals surface area (Å²) in [5, 5.41) is 2.74. The van der Waals surface area contributed by atoms with Gasteiger partial charge in [0.25, 0.3) is 5.91 Å². The molecule has 1 aromatic rings. The molecule has 1 aromatic carbocycles. The number of fused-ring (bicyclic) bond motifs is 1. The number of methoxy groups -OCH3 is 1. The molecule has 1 aliphatic rings. The molecule has 1 aliphatic heterocycles. The van der Waals surface area contributed by atoms with Gasteiger partial charge in [-0.2, -0.15) is 0 Å². The van der Waals surface area contributed by atoms with Gasteiger partial charge in [-0.25, -0.2) is 0 Å². The molecule has 0 bridgehead atoms. The second kappa shape index (κ2) is 5.82. The van der Waals surface area contributed by atoms with Crippen molar-refractivity contribution in [3.63, 3.8) is 0 Å². The van der Waals surface area contributed by atoms with Gasteiger partial charge in [0.15, 0.2) is 6.10 Å². The molecule has 1 heterocycles. The van der Waals surface area contributed by atoms with Crippen LogP contribution < -0.4 is 14.8 Å². The zero-order valence-electron chi connectivity index (χ0n) is 10.1. The van der Waals surface area contributed by atoms with Gasteiger partial charge in [0.2, 0.25) is 0 Å². The number of carbonyl (C=O) groups excluding carboxylic acids is 1. The maximum absolute atomic E-state index is 11.8. The predicted octanol–water partition coefficient (Wildman–Crippen LogP) is 1.85. The van der Waals surface area contributed by atoms with Crippen molar-refractivity contribution in [3.05, 3.63) is 30.9 Å². The van der Waals surface area contributed by atoms with Gasteiger partial charge in [-0.1, -0.05) is 6.08 Å². The molecule has 0 spiro atoms. The lowest BCUT2D eigenvalue weighted by Crippen LogP contribution is -2.41. The lowest BCUT2D eigenvalue weighted by Gasteiger charge is -2.24. The molecule has 4 nitrogen and oxygen atoms in total. The first-order valence-electron chi connectivity index (χ1n) is 5.60. The van der Waals surface area contributed by atoms with Crippen molar-refractivity contribution >= 4 is 17.7 Å². The SMILES string of the molecule is C=CCNC(=O)C1CSc2cc(OC)ccc2O1. The molecule has 0 fully saturated rings. The second-order valence-electron chi connectivity index (χ2n) is 3.76. The lowest BCUT2D eigenvalue weighted by atomic mass is 10.3. The van der Waals surface area contributed by atoms with Gasteiger partial charge >= 0.3 is 0 Å². The molecule has 0 saturated heterocycles. The monoisotopic (exact) mass is 265 g/mol. The summed E-state index contributed by atoms with van der Waals surface area (Å²) in [5.74, 6) is 2.01. The molecule has 0 aromatic heterocycles. The molecular formula is C13H15NO3S. The average molecular weight is 265 g/mol. The number of ether oxygens (including phenoxy) is 2. The first-order chi connectivity index (χ1) is 8.74. The fourth-order valence-corrected chi connectivity index (χ4v) is 2.60.